The standard InChI is InChI=1S/C17H30F3N5.HI/c1-2-21-16(22-9-13-5-8-25(10-13)15-3-4-15)23-14-6-7-24(11-14)12-17(18,19)20;/h13-15H,2-12H2,1H3,(H2,21,22,23);1H. The lowest BCUT2D eigenvalue weighted by Crippen LogP contribution is -2.45. The van der Waals surface area contributed by atoms with E-state index in [1.54, 1.807) is 0 Å². The average molecular weight is 489 g/mol. The number of hydrogen-bond acceptors (Lipinski definition) is 3. The summed E-state index contributed by atoms with van der Waals surface area (Å²) in [6.45, 7) is 5.95. The van der Waals surface area contributed by atoms with Crippen molar-refractivity contribution in [2.24, 2.45) is 10.9 Å². The lowest BCUT2D eigenvalue weighted by Gasteiger charge is -2.20. The van der Waals surface area contributed by atoms with E-state index in [9.17, 15) is 13.2 Å². The molecule has 1 saturated carbocycles. The van der Waals surface area contributed by atoms with Crippen LogP contribution >= 0.6 is 24.0 Å². The molecule has 5 nitrogen and oxygen atoms in total. The van der Waals surface area contributed by atoms with Gasteiger partial charge in [0, 0.05) is 44.8 Å². The van der Waals surface area contributed by atoms with E-state index in [0.717, 1.165) is 38.1 Å². The Hall–Kier alpha value is -0.290. The molecule has 152 valence electrons. The lowest BCUT2D eigenvalue weighted by atomic mass is 10.1. The van der Waals surface area contributed by atoms with Gasteiger partial charge in [0.15, 0.2) is 5.96 Å². The molecule has 9 heteroatoms. The first-order chi connectivity index (χ1) is 11.9. The van der Waals surface area contributed by atoms with Gasteiger partial charge in [-0.2, -0.15) is 13.2 Å². The second-order valence-electron chi connectivity index (χ2n) is 7.58. The van der Waals surface area contributed by atoms with Crippen molar-refractivity contribution in [3.05, 3.63) is 0 Å². The number of halogens is 4. The molecule has 3 rings (SSSR count). The van der Waals surface area contributed by atoms with Gasteiger partial charge in [-0.3, -0.25) is 9.89 Å². The minimum atomic E-state index is -4.12. The molecule has 3 fully saturated rings. The Labute approximate surface area is 171 Å². The van der Waals surface area contributed by atoms with Crippen molar-refractivity contribution in [2.45, 2.75) is 50.9 Å². The maximum atomic E-state index is 12.5. The largest absolute Gasteiger partial charge is 0.401 e. The highest BCUT2D eigenvalue weighted by Gasteiger charge is 2.35. The summed E-state index contributed by atoms with van der Waals surface area (Å²) in [7, 11) is 0. The van der Waals surface area contributed by atoms with E-state index in [1.807, 2.05) is 6.92 Å². The maximum absolute atomic E-state index is 12.5. The molecular weight excluding hydrogens is 458 g/mol. The van der Waals surface area contributed by atoms with E-state index in [4.69, 9.17) is 4.99 Å². The molecular formula is C17H31F3IN5. The van der Waals surface area contributed by atoms with Gasteiger partial charge in [0.1, 0.15) is 0 Å². The highest BCUT2D eigenvalue weighted by atomic mass is 127. The Balaban J connectivity index is 0.00000243. The molecule has 2 N–H and O–H groups in total. The first kappa shape index (κ1) is 22.0. The summed E-state index contributed by atoms with van der Waals surface area (Å²) >= 11 is 0. The highest BCUT2D eigenvalue weighted by Crippen LogP contribution is 2.31. The van der Waals surface area contributed by atoms with Crippen LogP contribution in [0.3, 0.4) is 0 Å². The Morgan fingerprint density at radius 2 is 1.88 bits per heavy atom. The van der Waals surface area contributed by atoms with E-state index in [0.29, 0.717) is 19.0 Å². The third-order valence-corrected chi connectivity index (χ3v) is 5.25. The molecule has 2 aliphatic heterocycles. The molecule has 3 aliphatic rings. The van der Waals surface area contributed by atoms with Gasteiger partial charge < -0.3 is 15.5 Å². The van der Waals surface area contributed by atoms with Crippen LogP contribution in [-0.4, -0.2) is 79.8 Å². The van der Waals surface area contributed by atoms with Crippen LogP contribution in [0.5, 0.6) is 0 Å². The molecule has 0 bridgehead atoms. The molecule has 0 spiro atoms. The van der Waals surface area contributed by atoms with Crippen molar-refractivity contribution < 1.29 is 13.2 Å². The van der Waals surface area contributed by atoms with Crippen molar-refractivity contribution in [2.75, 3.05) is 45.8 Å². The van der Waals surface area contributed by atoms with Gasteiger partial charge >= 0.3 is 6.18 Å². The molecule has 26 heavy (non-hydrogen) atoms. The molecule has 0 aromatic heterocycles. The number of likely N-dealkylation sites (tertiary alicyclic amines) is 2. The fourth-order valence-corrected chi connectivity index (χ4v) is 3.86. The Morgan fingerprint density at radius 3 is 2.54 bits per heavy atom. The van der Waals surface area contributed by atoms with Gasteiger partial charge in [0.2, 0.25) is 0 Å². The summed E-state index contributed by atoms with van der Waals surface area (Å²) in [6.07, 6.45) is 0.484. The van der Waals surface area contributed by atoms with Crippen LogP contribution in [0.25, 0.3) is 0 Å². The SMILES string of the molecule is CCNC(=NCC1CCN(C2CC2)C1)NC1CCN(CC(F)(F)F)C1.I. The second-order valence-corrected chi connectivity index (χ2v) is 7.58. The fourth-order valence-electron chi connectivity index (χ4n) is 3.86. The third-order valence-electron chi connectivity index (χ3n) is 5.25. The second kappa shape index (κ2) is 9.77. The Bertz CT molecular complexity index is 470. The minimum absolute atomic E-state index is 0. The van der Waals surface area contributed by atoms with Gasteiger partial charge in [0.25, 0.3) is 0 Å². The summed E-state index contributed by atoms with van der Waals surface area (Å²) in [6, 6.07) is 0.852. The topological polar surface area (TPSA) is 42.9 Å². The van der Waals surface area contributed by atoms with Crippen LogP contribution < -0.4 is 10.6 Å². The summed E-state index contributed by atoms with van der Waals surface area (Å²) in [5, 5.41) is 6.55. The predicted molar refractivity (Wildman–Crippen MR) is 108 cm³/mol. The smallest absolute Gasteiger partial charge is 0.357 e. The van der Waals surface area contributed by atoms with E-state index < -0.39 is 12.7 Å². The maximum Gasteiger partial charge on any atom is 0.401 e. The number of alkyl halides is 3. The first-order valence-corrected chi connectivity index (χ1v) is 9.51. The van der Waals surface area contributed by atoms with Crippen LogP contribution in [0.4, 0.5) is 13.2 Å². The molecule has 2 unspecified atom stereocenters. The van der Waals surface area contributed by atoms with Crippen LogP contribution in [0.1, 0.15) is 32.6 Å². The third kappa shape index (κ3) is 7.03. The number of nitrogens with one attached hydrogen (secondary N) is 2. The predicted octanol–water partition coefficient (Wildman–Crippen LogP) is 2.28. The van der Waals surface area contributed by atoms with Crippen molar-refractivity contribution in [3.63, 3.8) is 0 Å². The van der Waals surface area contributed by atoms with Crippen molar-refractivity contribution in [1.29, 1.82) is 0 Å². The van der Waals surface area contributed by atoms with Gasteiger partial charge in [0.05, 0.1) is 6.54 Å². The van der Waals surface area contributed by atoms with E-state index >= 15 is 0 Å². The van der Waals surface area contributed by atoms with Gasteiger partial charge in [-0.25, -0.2) is 0 Å². The van der Waals surface area contributed by atoms with Crippen LogP contribution in [0, 0.1) is 5.92 Å². The monoisotopic (exact) mass is 489 g/mol. The zero-order valence-electron chi connectivity index (χ0n) is 15.4. The lowest BCUT2D eigenvalue weighted by molar-refractivity contribution is -0.143. The van der Waals surface area contributed by atoms with Gasteiger partial charge in [-0.1, -0.05) is 0 Å². The van der Waals surface area contributed by atoms with E-state index in [2.05, 4.69) is 15.5 Å². The van der Waals surface area contributed by atoms with E-state index in [1.165, 1.54) is 30.7 Å². The summed E-state index contributed by atoms with van der Waals surface area (Å²) < 4.78 is 37.5. The molecule has 2 saturated heterocycles. The molecule has 0 aromatic carbocycles. The van der Waals surface area contributed by atoms with Crippen molar-refractivity contribution in [3.8, 4) is 0 Å². The minimum Gasteiger partial charge on any atom is -0.357 e. The van der Waals surface area contributed by atoms with E-state index in [-0.39, 0.29) is 30.0 Å². The van der Waals surface area contributed by atoms with Crippen LogP contribution in [-0.2, 0) is 0 Å². The fraction of sp³-hybridized carbons (Fsp3) is 0.941. The summed E-state index contributed by atoms with van der Waals surface area (Å²) in [4.78, 5) is 8.74. The molecule has 0 aromatic rings. The van der Waals surface area contributed by atoms with Crippen molar-refractivity contribution >= 4 is 29.9 Å². The summed E-state index contributed by atoms with van der Waals surface area (Å²) in [5.41, 5.74) is 0. The zero-order valence-corrected chi connectivity index (χ0v) is 17.7. The average Bonchev–Trinajstić information content (AvgIpc) is 3.12. The quantitative estimate of drug-likeness (QED) is 0.342. The zero-order chi connectivity index (χ0) is 17.9. The normalized spacial score (nSPS) is 28.2. The summed E-state index contributed by atoms with van der Waals surface area (Å²) in [5.74, 6) is 1.34. The number of rotatable bonds is 6. The molecule has 2 heterocycles. The van der Waals surface area contributed by atoms with Gasteiger partial charge in [-0.15, -0.1) is 24.0 Å². The molecule has 0 radical (unpaired) electrons. The number of nitrogens with zero attached hydrogens (tertiary/aromatic N) is 3. The highest BCUT2D eigenvalue weighted by molar-refractivity contribution is 14.0. The number of aliphatic imine (C=N–C) groups is 1. The number of guanidine groups is 1. The molecule has 1 aliphatic carbocycles. The van der Waals surface area contributed by atoms with Gasteiger partial charge in [-0.05, 0) is 45.1 Å². The first-order valence-electron chi connectivity index (χ1n) is 9.51. The number of hydrogen-bond donors (Lipinski definition) is 2. The molecule has 2 atom stereocenters. The Kier molecular flexibility index (Phi) is 8.27. The Morgan fingerprint density at radius 1 is 1.12 bits per heavy atom. The van der Waals surface area contributed by atoms with Crippen LogP contribution in [0.2, 0.25) is 0 Å². The molecule has 0 amide bonds. The van der Waals surface area contributed by atoms with Crippen LogP contribution in [0.15, 0.2) is 4.99 Å². The van der Waals surface area contributed by atoms with Crippen molar-refractivity contribution in [1.82, 2.24) is 20.4 Å².